The van der Waals surface area contributed by atoms with Crippen molar-refractivity contribution in [1.82, 2.24) is 4.98 Å². The average Bonchev–Trinajstić information content (AvgIpc) is 2.74. The number of hydrogen-bond donors (Lipinski definition) is 1. The van der Waals surface area contributed by atoms with Gasteiger partial charge >= 0.3 is 0 Å². The van der Waals surface area contributed by atoms with E-state index in [1.54, 1.807) is 12.1 Å². The number of aryl methyl sites for hydroxylation is 1. The fraction of sp³-hybridized carbons (Fsp3) is 0.0714. The van der Waals surface area contributed by atoms with Gasteiger partial charge in [0.1, 0.15) is 0 Å². The molecule has 0 aliphatic rings. The molecule has 0 saturated heterocycles. The van der Waals surface area contributed by atoms with Gasteiger partial charge in [-0.15, -0.1) is 11.3 Å². The van der Waals surface area contributed by atoms with Gasteiger partial charge in [0, 0.05) is 6.07 Å². The molecular formula is C14H10F2N2OS. The van der Waals surface area contributed by atoms with Crippen molar-refractivity contribution in [2.75, 3.05) is 5.73 Å². The molecule has 0 radical (unpaired) electrons. The normalized spacial score (nSPS) is 10.9. The highest BCUT2D eigenvalue weighted by Crippen LogP contribution is 2.35. The van der Waals surface area contributed by atoms with E-state index in [0.717, 1.165) is 15.8 Å². The van der Waals surface area contributed by atoms with E-state index in [1.165, 1.54) is 23.5 Å². The number of nitrogens with zero attached hydrogens (tertiary/aromatic N) is 1. The van der Waals surface area contributed by atoms with Gasteiger partial charge in [-0.25, -0.2) is 9.37 Å². The summed E-state index contributed by atoms with van der Waals surface area (Å²) in [5.41, 5.74) is 6.94. The van der Waals surface area contributed by atoms with Crippen molar-refractivity contribution in [3.63, 3.8) is 0 Å². The number of hydrogen-bond acceptors (Lipinski definition) is 4. The molecule has 6 heteroatoms. The predicted molar refractivity (Wildman–Crippen MR) is 75.2 cm³/mol. The molecule has 2 aromatic carbocycles. The van der Waals surface area contributed by atoms with Gasteiger partial charge in [0.2, 0.25) is 5.82 Å². The fourth-order valence-electron chi connectivity index (χ4n) is 1.86. The molecule has 0 spiro atoms. The first kappa shape index (κ1) is 12.8. The highest BCUT2D eigenvalue weighted by atomic mass is 32.1. The zero-order chi connectivity index (χ0) is 14.3. The molecule has 3 aromatic rings. The molecule has 1 heterocycles. The van der Waals surface area contributed by atoms with Crippen LogP contribution in [0, 0.1) is 18.6 Å². The Morgan fingerprint density at radius 1 is 1.20 bits per heavy atom. The molecule has 3 nitrogen and oxygen atoms in total. The van der Waals surface area contributed by atoms with Crippen LogP contribution in [0.25, 0.3) is 10.2 Å². The second-order valence-corrected chi connectivity index (χ2v) is 5.48. The monoisotopic (exact) mass is 292 g/mol. The van der Waals surface area contributed by atoms with Crippen molar-refractivity contribution in [3.05, 3.63) is 47.0 Å². The number of thiazole rings is 1. The van der Waals surface area contributed by atoms with Crippen LogP contribution >= 0.6 is 11.3 Å². The Hall–Kier alpha value is -2.21. The summed E-state index contributed by atoms with van der Waals surface area (Å²) >= 11 is 1.51. The number of fused-ring (bicyclic) bond motifs is 1. The first-order valence-corrected chi connectivity index (χ1v) is 6.65. The summed E-state index contributed by atoms with van der Waals surface area (Å²) in [5.74, 6) is -1.96. The zero-order valence-electron chi connectivity index (χ0n) is 10.5. The van der Waals surface area contributed by atoms with Crippen molar-refractivity contribution in [2.45, 2.75) is 6.92 Å². The zero-order valence-corrected chi connectivity index (χ0v) is 11.3. The third-order valence-corrected chi connectivity index (χ3v) is 3.70. The van der Waals surface area contributed by atoms with E-state index in [0.29, 0.717) is 11.2 Å². The molecule has 0 amide bonds. The van der Waals surface area contributed by atoms with Gasteiger partial charge in [-0.1, -0.05) is 6.07 Å². The van der Waals surface area contributed by atoms with E-state index in [2.05, 4.69) is 4.98 Å². The van der Waals surface area contributed by atoms with Crippen molar-refractivity contribution < 1.29 is 13.5 Å². The lowest BCUT2D eigenvalue weighted by Crippen LogP contribution is -1.95. The maximum Gasteiger partial charge on any atom is 0.201 e. The number of nitrogens with two attached hydrogens (primary N) is 1. The first-order chi connectivity index (χ1) is 9.54. The van der Waals surface area contributed by atoms with E-state index in [9.17, 15) is 8.78 Å². The SMILES string of the molecule is Cc1nc2cc(Oc3cccc(F)c3F)c(N)cc2s1. The molecule has 0 aliphatic heterocycles. The quantitative estimate of drug-likeness (QED) is 0.718. The third-order valence-electron chi connectivity index (χ3n) is 2.76. The smallest absolute Gasteiger partial charge is 0.201 e. The summed E-state index contributed by atoms with van der Waals surface area (Å²) in [4.78, 5) is 4.31. The van der Waals surface area contributed by atoms with Crippen LogP contribution in [0.5, 0.6) is 11.5 Å². The molecule has 0 fully saturated rings. The second kappa shape index (κ2) is 4.72. The minimum absolute atomic E-state index is 0.206. The summed E-state index contributed by atoms with van der Waals surface area (Å²) in [7, 11) is 0. The number of anilines is 1. The lowest BCUT2D eigenvalue weighted by atomic mass is 10.2. The second-order valence-electron chi connectivity index (χ2n) is 4.24. The van der Waals surface area contributed by atoms with Crippen molar-refractivity contribution in [1.29, 1.82) is 0 Å². The summed E-state index contributed by atoms with van der Waals surface area (Å²) in [6.45, 7) is 1.88. The van der Waals surface area contributed by atoms with Gasteiger partial charge in [0.15, 0.2) is 17.3 Å². The lowest BCUT2D eigenvalue weighted by molar-refractivity contribution is 0.417. The van der Waals surface area contributed by atoms with Crippen LogP contribution in [-0.4, -0.2) is 4.98 Å². The maximum atomic E-state index is 13.6. The number of benzene rings is 2. The molecule has 0 saturated carbocycles. The highest BCUT2D eigenvalue weighted by molar-refractivity contribution is 7.18. The van der Waals surface area contributed by atoms with Crippen LogP contribution in [-0.2, 0) is 0 Å². The van der Waals surface area contributed by atoms with Crippen molar-refractivity contribution in [2.24, 2.45) is 0 Å². The van der Waals surface area contributed by atoms with Crippen LogP contribution in [0.3, 0.4) is 0 Å². The standard InChI is InChI=1S/C14H10F2N2OS/c1-7-18-10-6-12(9(17)5-13(10)20-7)19-11-4-2-3-8(15)14(11)16/h2-6H,17H2,1H3. The van der Waals surface area contributed by atoms with E-state index >= 15 is 0 Å². The van der Waals surface area contributed by atoms with Crippen LogP contribution < -0.4 is 10.5 Å². The average molecular weight is 292 g/mol. The molecule has 20 heavy (non-hydrogen) atoms. The number of nitrogen functional groups attached to an aromatic ring is 1. The van der Waals surface area contributed by atoms with Gasteiger partial charge in [0.05, 0.1) is 20.9 Å². The molecular weight excluding hydrogens is 282 g/mol. The van der Waals surface area contributed by atoms with Gasteiger partial charge in [-0.3, -0.25) is 0 Å². The predicted octanol–water partition coefficient (Wildman–Crippen LogP) is 4.26. The van der Waals surface area contributed by atoms with E-state index in [-0.39, 0.29) is 11.5 Å². The summed E-state index contributed by atoms with van der Waals surface area (Å²) in [6.07, 6.45) is 0. The van der Waals surface area contributed by atoms with Crippen LogP contribution in [0.2, 0.25) is 0 Å². The molecule has 0 atom stereocenters. The number of ether oxygens (including phenoxy) is 1. The number of halogens is 2. The highest BCUT2D eigenvalue weighted by Gasteiger charge is 2.13. The molecule has 2 N–H and O–H groups in total. The Labute approximate surface area is 117 Å². The van der Waals surface area contributed by atoms with Gasteiger partial charge in [-0.2, -0.15) is 4.39 Å². The molecule has 0 bridgehead atoms. The van der Waals surface area contributed by atoms with Crippen molar-refractivity contribution in [3.8, 4) is 11.5 Å². The topological polar surface area (TPSA) is 48.1 Å². The van der Waals surface area contributed by atoms with Crippen LogP contribution in [0.15, 0.2) is 30.3 Å². The third kappa shape index (κ3) is 2.18. The van der Waals surface area contributed by atoms with Crippen LogP contribution in [0.1, 0.15) is 5.01 Å². The Kier molecular flexibility index (Phi) is 3.02. The van der Waals surface area contributed by atoms with Crippen LogP contribution in [0.4, 0.5) is 14.5 Å². The fourth-order valence-corrected chi connectivity index (χ4v) is 2.71. The Morgan fingerprint density at radius 2 is 2.00 bits per heavy atom. The first-order valence-electron chi connectivity index (χ1n) is 5.83. The van der Waals surface area contributed by atoms with Crippen molar-refractivity contribution >= 4 is 27.2 Å². The molecule has 102 valence electrons. The minimum atomic E-state index is -1.04. The van der Waals surface area contributed by atoms with Gasteiger partial charge in [0.25, 0.3) is 0 Å². The molecule has 0 unspecified atom stereocenters. The van der Waals surface area contributed by atoms with E-state index in [4.69, 9.17) is 10.5 Å². The Bertz CT molecular complexity index is 801. The molecule has 1 aromatic heterocycles. The molecule has 0 aliphatic carbocycles. The Morgan fingerprint density at radius 3 is 2.80 bits per heavy atom. The van der Waals surface area contributed by atoms with E-state index in [1.807, 2.05) is 6.92 Å². The maximum absolute atomic E-state index is 13.6. The summed E-state index contributed by atoms with van der Waals surface area (Å²) < 4.78 is 33.0. The van der Waals surface area contributed by atoms with Gasteiger partial charge < -0.3 is 10.5 Å². The Balaban J connectivity index is 2.05. The number of aromatic nitrogens is 1. The number of rotatable bonds is 2. The summed E-state index contributed by atoms with van der Waals surface area (Å²) in [6, 6.07) is 7.08. The molecule has 3 rings (SSSR count). The van der Waals surface area contributed by atoms with E-state index < -0.39 is 11.6 Å². The van der Waals surface area contributed by atoms with Gasteiger partial charge in [-0.05, 0) is 25.1 Å². The summed E-state index contributed by atoms with van der Waals surface area (Å²) in [5, 5.41) is 0.897. The lowest BCUT2D eigenvalue weighted by Gasteiger charge is -2.09. The largest absolute Gasteiger partial charge is 0.452 e. The minimum Gasteiger partial charge on any atom is -0.452 e.